The van der Waals surface area contributed by atoms with Crippen molar-refractivity contribution in [2.24, 2.45) is 0 Å². The predicted molar refractivity (Wildman–Crippen MR) is 66.9 cm³/mol. The summed E-state index contributed by atoms with van der Waals surface area (Å²) in [5.41, 5.74) is 1.54. The Kier molecular flexibility index (Phi) is 4.23. The number of rotatable bonds is 1. The number of nitrogens with zero attached hydrogens (tertiary/aromatic N) is 1. The second-order valence-electron chi connectivity index (χ2n) is 2.26. The van der Waals surface area contributed by atoms with Crippen LogP contribution in [0.3, 0.4) is 0 Å². The molecule has 0 atom stereocenters. The van der Waals surface area contributed by atoms with Gasteiger partial charge in [-0.15, -0.1) is 0 Å². The molecule has 0 unspecified atom stereocenters. The van der Waals surface area contributed by atoms with Crippen LogP contribution in [0.25, 0.3) is 5.03 Å². The van der Waals surface area contributed by atoms with E-state index in [-0.39, 0.29) is 0 Å². The van der Waals surface area contributed by atoms with Crippen LogP contribution >= 0.6 is 50.1 Å². The van der Waals surface area contributed by atoms with Crippen molar-refractivity contribution in [2.45, 2.75) is 0 Å². The Hall–Kier alpha value is -0.0500. The second-order valence-corrected chi connectivity index (χ2v) is 6.00. The Bertz CT molecular complexity index is 374. The number of hydrogen-bond donors (Lipinski definition) is 0. The third kappa shape index (κ3) is 2.97. The van der Waals surface area contributed by atoms with Gasteiger partial charge in [-0.3, -0.25) is 0 Å². The van der Waals surface area contributed by atoms with Crippen molar-refractivity contribution in [3.63, 3.8) is 0 Å². The minimum atomic E-state index is 0.637. The van der Waals surface area contributed by atoms with Gasteiger partial charge in [0.15, 0.2) is 0 Å². The van der Waals surface area contributed by atoms with Gasteiger partial charge in [0.25, 0.3) is 0 Å². The number of benzene rings is 1. The summed E-state index contributed by atoms with van der Waals surface area (Å²) in [6, 6.07) is 9.17. The molecule has 0 amide bonds. The summed E-state index contributed by atoms with van der Waals surface area (Å²) in [6.07, 6.45) is 0. The maximum atomic E-state index is 8.57. The van der Waals surface area contributed by atoms with Crippen LogP contribution in [0.1, 0.15) is 11.1 Å². The van der Waals surface area contributed by atoms with Crippen molar-refractivity contribution >= 4 is 55.2 Å². The van der Waals surface area contributed by atoms with Crippen LogP contribution in [-0.2, 0) is 0 Å². The van der Waals surface area contributed by atoms with E-state index in [4.69, 9.17) is 16.9 Å². The second kappa shape index (κ2) is 4.99. The molecule has 1 rings (SSSR count). The van der Waals surface area contributed by atoms with E-state index in [1.165, 1.54) is 0 Å². The van der Waals surface area contributed by atoms with Crippen LogP contribution in [0.4, 0.5) is 0 Å². The topological polar surface area (TPSA) is 23.8 Å². The Morgan fingerprint density at radius 1 is 1.38 bits per heavy atom. The molecule has 0 aromatic heterocycles. The summed E-state index contributed by atoms with van der Waals surface area (Å²) in [4.78, 5) is 0. The molecule has 1 aromatic carbocycles. The van der Waals surface area contributed by atoms with Gasteiger partial charge in [0.05, 0.1) is 19.2 Å². The highest BCUT2D eigenvalue weighted by atomic mass is 127. The van der Waals surface area contributed by atoms with E-state index in [2.05, 4.69) is 38.5 Å². The summed E-state index contributed by atoms with van der Waals surface area (Å²) < 4.78 is 0.858. The highest BCUT2D eigenvalue weighted by molar-refractivity contribution is 14.1. The zero-order valence-corrected chi connectivity index (χ0v) is 10.9. The van der Waals surface area contributed by atoms with Crippen molar-refractivity contribution in [3.05, 3.63) is 37.9 Å². The molecule has 0 fully saturated rings. The maximum absolute atomic E-state index is 8.57. The summed E-state index contributed by atoms with van der Waals surface area (Å²) in [6.45, 7) is 0. The standard InChI is InChI=1S/C9H4BrClIN/c10-9(12)8(11)7-3-1-6(5-13)2-4-7/h1-4H. The van der Waals surface area contributed by atoms with E-state index in [0.29, 0.717) is 10.6 Å². The zero-order valence-electron chi connectivity index (χ0n) is 6.39. The lowest BCUT2D eigenvalue weighted by Gasteiger charge is -1.98. The molecule has 0 spiro atoms. The van der Waals surface area contributed by atoms with Crippen molar-refractivity contribution in [1.29, 1.82) is 5.26 Å². The van der Waals surface area contributed by atoms with Gasteiger partial charge in [-0.25, -0.2) is 0 Å². The van der Waals surface area contributed by atoms with Gasteiger partial charge in [-0.2, -0.15) is 5.26 Å². The molecule has 0 aliphatic rings. The molecule has 1 nitrogen and oxygen atoms in total. The molecule has 0 aliphatic carbocycles. The van der Waals surface area contributed by atoms with E-state index in [1.54, 1.807) is 12.1 Å². The lowest BCUT2D eigenvalue weighted by Crippen LogP contribution is -1.78. The first-order valence-corrected chi connectivity index (χ1v) is 5.61. The van der Waals surface area contributed by atoms with E-state index in [1.807, 2.05) is 18.2 Å². The fourth-order valence-corrected chi connectivity index (χ4v) is 1.47. The van der Waals surface area contributed by atoms with E-state index < -0.39 is 0 Å². The summed E-state index contributed by atoms with van der Waals surface area (Å²) in [5, 5.41) is 9.23. The van der Waals surface area contributed by atoms with Gasteiger partial charge < -0.3 is 0 Å². The minimum absolute atomic E-state index is 0.637. The lowest BCUT2D eigenvalue weighted by atomic mass is 10.1. The number of halogens is 3. The van der Waals surface area contributed by atoms with E-state index in [0.717, 1.165) is 8.05 Å². The number of hydrogen-bond acceptors (Lipinski definition) is 1. The van der Waals surface area contributed by atoms with Crippen molar-refractivity contribution in [2.75, 3.05) is 0 Å². The molecule has 4 heteroatoms. The van der Waals surface area contributed by atoms with Gasteiger partial charge in [-0.1, -0.05) is 23.7 Å². The SMILES string of the molecule is N#Cc1ccc(C(Cl)=C(Br)I)cc1. The first-order valence-electron chi connectivity index (χ1n) is 3.36. The molecule has 0 saturated carbocycles. The smallest absolute Gasteiger partial charge is 0.0991 e. The molecule has 13 heavy (non-hydrogen) atoms. The van der Waals surface area contributed by atoms with Crippen LogP contribution in [0.5, 0.6) is 0 Å². The van der Waals surface area contributed by atoms with Crippen molar-refractivity contribution < 1.29 is 0 Å². The van der Waals surface area contributed by atoms with Crippen LogP contribution in [0, 0.1) is 11.3 Å². The molecule has 0 radical (unpaired) electrons. The first-order chi connectivity index (χ1) is 6.15. The third-order valence-corrected chi connectivity index (χ3v) is 3.32. The molecular formula is C9H4BrClIN. The van der Waals surface area contributed by atoms with Crippen LogP contribution in [-0.4, -0.2) is 0 Å². The molecule has 1 aromatic rings. The summed E-state index contributed by atoms with van der Waals surface area (Å²) >= 11 is 11.3. The maximum Gasteiger partial charge on any atom is 0.0991 e. The molecular weight excluding hydrogens is 364 g/mol. The predicted octanol–water partition coefficient (Wildman–Crippen LogP) is 4.25. The largest absolute Gasteiger partial charge is 0.192 e. The average molecular weight is 368 g/mol. The normalized spacial score (nSPS) is 11.8. The Balaban J connectivity index is 3.08. The van der Waals surface area contributed by atoms with Crippen molar-refractivity contribution in [3.8, 4) is 6.07 Å². The summed E-state index contributed by atoms with van der Waals surface area (Å²) in [7, 11) is 0. The number of nitriles is 1. The van der Waals surface area contributed by atoms with Gasteiger partial charge in [0.1, 0.15) is 0 Å². The molecule has 0 aliphatic heterocycles. The highest BCUT2D eigenvalue weighted by Crippen LogP contribution is 2.30. The van der Waals surface area contributed by atoms with E-state index in [9.17, 15) is 0 Å². The Morgan fingerprint density at radius 2 is 1.92 bits per heavy atom. The van der Waals surface area contributed by atoms with E-state index >= 15 is 0 Å². The molecule has 0 bridgehead atoms. The molecule has 0 saturated heterocycles. The molecule has 66 valence electrons. The van der Waals surface area contributed by atoms with Gasteiger partial charge in [-0.05, 0) is 56.2 Å². The third-order valence-electron chi connectivity index (χ3n) is 1.43. The van der Waals surface area contributed by atoms with Crippen LogP contribution in [0.15, 0.2) is 26.8 Å². The average Bonchev–Trinajstić information content (AvgIpc) is 2.17. The minimum Gasteiger partial charge on any atom is -0.192 e. The summed E-state index contributed by atoms with van der Waals surface area (Å²) in [5.74, 6) is 0. The van der Waals surface area contributed by atoms with Crippen LogP contribution < -0.4 is 0 Å². The van der Waals surface area contributed by atoms with Gasteiger partial charge >= 0.3 is 0 Å². The lowest BCUT2D eigenvalue weighted by molar-refractivity contribution is 1.48. The first kappa shape index (κ1) is 11.0. The molecule has 0 N–H and O–H groups in total. The Morgan fingerprint density at radius 3 is 2.31 bits per heavy atom. The molecule has 0 heterocycles. The fourth-order valence-electron chi connectivity index (χ4n) is 0.800. The van der Waals surface area contributed by atoms with Crippen LogP contribution in [0.2, 0.25) is 0 Å². The van der Waals surface area contributed by atoms with Gasteiger partial charge in [0.2, 0.25) is 0 Å². The van der Waals surface area contributed by atoms with Gasteiger partial charge in [0, 0.05) is 0 Å². The highest BCUT2D eigenvalue weighted by Gasteiger charge is 2.01. The Labute approximate surface area is 104 Å². The quantitative estimate of drug-likeness (QED) is 0.680. The zero-order chi connectivity index (χ0) is 9.84. The van der Waals surface area contributed by atoms with Crippen molar-refractivity contribution in [1.82, 2.24) is 0 Å². The fraction of sp³-hybridized carbons (Fsp3) is 0. The monoisotopic (exact) mass is 367 g/mol.